The van der Waals surface area contributed by atoms with Crippen molar-refractivity contribution in [2.24, 2.45) is 0 Å². The van der Waals surface area contributed by atoms with E-state index >= 15 is 0 Å². The van der Waals surface area contributed by atoms with E-state index in [-0.39, 0.29) is 0 Å². The van der Waals surface area contributed by atoms with Crippen LogP contribution in [0.2, 0.25) is 0 Å². The van der Waals surface area contributed by atoms with Crippen LogP contribution in [0.5, 0.6) is 0 Å². The summed E-state index contributed by atoms with van der Waals surface area (Å²) in [5, 5.41) is 13.9. The lowest BCUT2D eigenvalue weighted by atomic mass is 10.3. The fraction of sp³-hybridized carbons (Fsp3) is 0.444. The van der Waals surface area contributed by atoms with E-state index in [0.717, 1.165) is 18.2 Å². The molecule has 2 rings (SSSR count). The maximum atomic E-state index is 8.58. The molecule has 2 nitrogen and oxygen atoms in total. The minimum absolute atomic E-state index is 0.748. The first-order valence-corrected chi connectivity index (χ1v) is 4.97. The van der Waals surface area contributed by atoms with Crippen molar-refractivity contribution in [1.82, 2.24) is 5.32 Å². The summed E-state index contributed by atoms with van der Waals surface area (Å²) in [7, 11) is 0. The average molecular weight is 178 g/mol. The highest BCUT2D eigenvalue weighted by atomic mass is 32.1. The molecule has 12 heavy (non-hydrogen) atoms. The molecule has 0 saturated heterocycles. The molecule has 0 radical (unpaired) electrons. The molecule has 0 bridgehead atoms. The molecule has 0 spiro atoms. The molecule has 1 aliphatic rings. The zero-order chi connectivity index (χ0) is 8.39. The molecule has 0 aromatic carbocycles. The summed E-state index contributed by atoms with van der Waals surface area (Å²) >= 11 is 1.66. The first-order chi connectivity index (χ1) is 5.88. The lowest BCUT2D eigenvalue weighted by Gasteiger charge is -1.97. The lowest BCUT2D eigenvalue weighted by molar-refractivity contribution is 0.695. The van der Waals surface area contributed by atoms with Gasteiger partial charge >= 0.3 is 0 Å². The lowest BCUT2D eigenvalue weighted by Crippen LogP contribution is -2.14. The summed E-state index contributed by atoms with van der Waals surface area (Å²) in [5.74, 6) is 0. The van der Waals surface area contributed by atoms with Crippen LogP contribution >= 0.6 is 11.3 Å². The Labute approximate surface area is 75.8 Å². The molecule has 1 saturated carbocycles. The van der Waals surface area contributed by atoms with Crippen LogP contribution in [0, 0.1) is 11.3 Å². The third kappa shape index (κ3) is 1.84. The molecule has 0 atom stereocenters. The number of nitrogens with one attached hydrogen (secondary N) is 1. The van der Waals surface area contributed by atoms with Crippen LogP contribution in [0.3, 0.4) is 0 Å². The molecule has 62 valence electrons. The molecule has 1 aliphatic carbocycles. The molecule has 1 N–H and O–H groups in total. The predicted molar refractivity (Wildman–Crippen MR) is 48.9 cm³/mol. The zero-order valence-corrected chi connectivity index (χ0v) is 7.53. The van der Waals surface area contributed by atoms with E-state index in [1.807, 2.05) is 11.4 Å². The number of hydrogen-bond acceptors (Lipinski definition) is 3. The quantitative estimate of drug-likeness (QED) is 0.767. The highest BCUT2D eigenvalue weighted by molar-refractivity contribution is 7.10. The molecule has 0 unspecified atom stereocenters. The van der Waals surface area contributed by atoms with Crippen molar-refractivity contribution < 1.29 is 0 Å². The topological polar surface area (TPSA) is 35.8 Å². The number of rotatable bonds is 3. The Morgan fingerprint density at radius 2 is 2.50 bits per heavy atom. The van der Waals surface area contributed by atoms with Crippen LogP contribution < -0.4 is 5.32 Å². The molecule has 1 fully saturated rings. The van der Waals surface area contributed by atoms with Crippen molar-refractivity contribution >= 4 is 11.3 Å². The van der Waals surface area contributed by atoms with E-state index in [4.69, 9.17) is 5.26 Å². The summed E-state index contributed by atoms with van der Waals surface area (Å²) in [6.07, 6.45) is 2.63. The first-order valence-electron chi connectivity index (χ1n) is 4.09. The van der Waals surface area contributed by atoms with Gasteiger partial charge < -0.3 is 5.32 Å². The van der Waals surface area contributed by atoms with Gasteiger partial charge in [-0.05, 0) is 18.9 Å². The standard InChI is InChI=1S/C9H10N2S/c10-4-7-3-9(12-6-7)5-11-8-1-2-8/h3,6,8,11H,1-2,5H2. The van der Waals surface area contributed by atoms with Crippen molar-refractivity contribution in [1.29, 1.82) is 5.26 Å². The Hall–Kier alpha value is -0.850. The van der Waals surface area contributed by atoms with E-state index in [9.17, 15) is 0 Å². The maximum Gasteiger partial charge on any atom is 0.100 e. The Morgan fingerprint density at radius 3 is 3.08 bits per heavy atom. The van der Waals surface area contributed by atoms with Crippen molar-refractivity contribution in [3.8, 4) is 6.07 Å². The fourth-order valence-electron chi connectivity index (χ4n) is 1.06. The summed E-state index contributed by atoms with van der Waals surface area (Å²) in [5.41, 5.74) is 0.785. The second-order valence-corrected chi connectivity index (χ2v) is 4.06. The van der Waals surface area contributed by atoms with Crippen molar-refractivity contribution in [2.75, 3.05) is 0 Å². The van der Waals surface area contributed by atoms with E-state index in [2.05, 4.69) is 11.4 Å². The van der Waals surface area contributed by atoms with Crippen molar-refractivity contribution in [3.63, 3.8) is 0 Å². The van der Waals surface area contributed by atoms with Gasteiger partial charge in [0.2, 0.25) is 0 Å². The van der Waals surface area contributed by atoms with Crippen LogP contribution in [0.4, 0.5) is 0 Å². The van der Waals surface area contributed by atoms with Gasteiger partial charge in [0.1, 0.15) is 6.07 Å². The third-order valence-electron chi connectivity index (χ3n) is 1.93. The van der Waals surface area contributed by atoms with Gasteiger partial charge in [-0.3, -0.25) is 0 Å². The van der Waals surface area contributed by atoms with Crippen LogP contribution in [0.15, 0.2) is 11.4 Å². The Morgan fingerprint density at radius 1 is 1.67 bits per heavy atom. The molecule has 3 heteroatoms. The third-order valence-corrected chi connectivity index (χ3v) is 2.86. The molecular formula is C9H10N2S. The van der Waals surface area contributed by atoms with Crippen molar-refractivity contribution in [2.45, 2.75) is 25.4 Å². The van der Waals surface area contributed by atoms with Gasteiger partial charge in [0.25, 0.3) is 0 Å². The van der Waals surface area contributed by atoms with Gasteiger partial charge in [-0.1, -0.05) is 0 Å². The normalized spacial score (nSPS) is 15.9. The Bertz CT molecular complexity index is 307. The van der Waals surface area contributed by atoms with Gasteiger partial charge in [0, 0.05) is 22.8 Å². The van der Waals surface area contributed by atoms with Crippen LogP contribution in [0.1, 0.15) is 23.3 Å². The molecule has 0 amide bonds. The SMILES string of the molecule is N#Cc1csc(CNC2CC2)c1. The second kappa shape index (κ2) is 3.26. The Balaban J connectivity index is 1.90. The number of thiophene rings is 1. The van der Waals surface area contributed by atoms with E-state index < -0.39 is 0 Å². The predicted octanol–water partition coefficient (Wildman–Crippen LogP) is 1.87. The summed E-state index contributed by atoms with van der Waals surface area (Å²) in [4.78, 5) is 1.26. The number of hydrogen-bond donors (Lipinski definition) is 1. The highest BCUT2D eigenvalue weighted by Crippen LogP contribution is 2.20. The monoisotopic (exact) mass is 178 g/mol. The van der Waals surface area contributed by atoms with Gasteiger partial charge in [-0.2, -0.15) is 5.26 Å². The largest absolute Gasteiger partial charge is 0.309 e. The second-order valence-electron chi connectivity index (χ2n) is 3.07. The average Bonchev–Trinajstić information content (AvgIpc) is 2.81. The van der Waals surface area contributed by atoms with Gasteiger partial charge in [-0.15, -0.1) is 11.3 Å². The zero-order valence-electron chi connectivity index (χ0n) is 6.71. The van der Waals surface area contributed by atoms with Crippen LogP contribution in [-0.2, 0) is 6.54 Å². The van der Waals surface area contributed by atoms with Crippen LogP contribution in [-0.4, -0.2) is 6.04 Å². The molecule has 0 aliphatic heterocycles. The molecular weight excluding hydrogens is 168 g/mol. The fourth-order valence-corrected chi connectivity index (χ4v) is 1.83. The maximum absolute atomic E-state index is 8.58. The van der Waals surface area contributed by atoms with E-state index in [1.54, 1.807) is 11.3 Å². The summed E-state index contributed by atoms with van der Waals surface area (Å²) < 4.78 is 0. The smallest absolute Gasteiger partial charge is 0.100 e. The van der Waals surface area contributed by atoms with E-state index in [0.29, 0.717) is 0 Å². The minimum Gasteiger partial charge on any atom is -0.309 e. The number of nitrogens with zero attached hydrogens (tertiary/aromatic N) is 1. The minimum atomic E-state index is 0.748. The van der Waals surface area contributed by atoms with Gasteiger partial charge in [0.15, 0.2) is 0 Å². The summed E-state index contributed by atoms with van der Waals surface area (Å²) in [6, 6.07) is 4.84. The molecule has 1 aromatic heterocycles. The van der Waals surface area contributed by atoms with Gasteiger partial charge in [0.05, 0.1) is 5.56 Å². The first kappa shape index (κ1) is 7.78. The summed E-state index contributed by atoms with van der Waals surface area (Å²) in [6.45, 7) is 0.928. The van der Waals surface area contributed by atoms with Crippen LogP contribution in [0.25, 0.3) is 0 Å². The molecule has 1 aromatic rings. The molecule has 1 heterocycles. The van der Waals surface area contributed by atoms with Gasteiger partial charge in [-0.25, -0.2) is 0 Å². The number of nitriles is 1. The highest BCUT2D eigenvalue weighted by Gasteiger charge is 2.20. The van der Waals surface area contributed by atoms with E-state index in [1.165, 1.54) is 17.7 Å². The van der Waals surface area contributed by atoms with Crippen molar-refractivity contribution in [3.05, 3.63) is 21.9 Å². The Kier molecular flexibility index (Phi) is 2.11.